The largest absolute Gasteiger partial charge is 0.471 e. The SMILES string of the molecule is CC(F)(F)COc1ncncc1CNc1ncc(C#N)c(N[C@H]2CC[C@@H](O)CC2)n1. The third kappa shape index (κ3) is 6.18. The number of ether oxygens (including phenoxy) is 1. The zero-order valence-corrected chi connectivity index (χ0v) is 16.5. The topological polar surface area (TPSA) is 129 Å². The van der Waals surface area contributed by atoms with Crippen molar-refractivity contribution in [1.29, 1.82) is 5.26 Å². The molecule has 2 heterocycles. The molecule has 1 aliphatic rings. The normalized spacial score (nSPS) is 19.0. The molecule has 0 bridgehead atoms. The molecule has 0 unspecified atom stereocenters. The first kappa shape index (κ1) is 21.6. The number of hydrogen-bond donors (Lipinski definition) is 3. The smallest absolute Gasteiger partial charge is 0.278 e. The van der Waals surface area contributed by atoms with E-state index in [1.165, 1.54) is 18.7 Å². The molecule has 0 saturated heterocycles. The van der Waals surface area contributed by atoms with Crippen molar-refractivity contribution >= 4 is 11.8 Å². The van der Waals surface area contributed by atoms with Gasteiger partial charge < -0.3 is 20.5 Å². The summed E-state index contributed by atoms with van der Waals surface area (Å²) in [6.07, 6.45) is 6.76. The van der Waals surface area contributed by atoms with Crippen LogP contribution in [0.4, 0.5) is 20.5 Å². The predicted molar refractivity (Wildman–Crippen MR) is 104 cm³/mol. The average Bonchev–Trinajstić information content (AvgIpc) is 2.72. The van der Waals surface area contributed by atoms with Crippen LogP contribution in [0.5, 0.6) is 5.88 Å². The molecule has 1 saturated carbocycles. The van der Waals surface area contributed by atoms with Crippen LogP contribution in [0.25, 0.3) is 0 Å². The number of aliphatic hydroxyl groups is 1. The summed E-state index contributed by atoms with van der Waals surface area (Å²) in [5.41, 5.74) is 0.773. The summed E-state index contributed by atoms with van der Waals surface area (Å²) in [5, 5.41) is 25.2. The lowest BCUT2D eigenvalue weighted by Gasteiger charge is -2.26. The maximum absolute atomic E-state index is 13.1. The molecule has 0 radical (unpaired) electrons. The van der Waals surface area contributed by atoms with Crippen LogP contribution >= 0.6 is 0 Å². The van der Waals surface area contributed by atoms with Crippen LogP contribution in [0.1, 0.15) is 43.7 Å². The summed E-state index contributed by atoms with van der Waals surface area (Å²) in [7, 11) is 0. The third-order valence-electron chi connectivity index (χ3n) is 4.59. The molecule has 11 heteroatoms. The van der Waals surface area contributed by atoms with Crippen molar-refractivity contribution in [2.45, 2.75) is 57.2 Å². The van der Waals surface area contributed by atoms with Gasteiger partial charge in [-0.05, 0) is 25.7 Å². The second kappa shape index (κ2) is 9.58. The highest BCUT2D eigenvalue weighted by atomic mass is 19.3. The van der Waals surface area contributed by atoms with Crippen LogP contribution in [0.3, 0.4) is 0 Å². The van der Waals surface area contributed by atoms with Crippen LogP contribution in [0.2, 0.25) is 0 Å². The van der Waals surface area contributed by atoms with Crippen molar-refractivity contribution in [2.24, 2.45) is 0 Å². The maximum Gasteiger partial charge on any atom is 0.278 e. The minimum absolute atomic E-state index is 0.0479. The van der Waals surface area contributed by atoms with Gasteiger partial charge >= 0.3 is 0 Å². The molecular formula is C19H23F2N7O2. The summed E-state index contributed by atoms with van der Waals surface area (Å²) in [4.78, 5) is 16.3. The summed E-state index contributed by atoms with van der Waals surface area (Å²) in [6, 6.07) is 2.17. The van der Waals surface area contributed by atoms with Crippen molar-refractivity contribution in [3.05, 3.63) is 29.8 Å². The van der Waals surface area contributed by atoms with E-state index in [0.717, 1.165) is 19.8 Å². The van der Waals surface area contributed by atoms with E-state index in [9.17, 15) is 19.1 Å². The minimum Gasteiger partial charge on any atom is -0.471 e. The van der Waals surface area contributed by atoms with Gasteiger partial charge in [-0.15, -0.1) is 0 Å². The summed E-state index contributed by atoms with van der Waals surface area (Å²) < 4.78 is 31.2. The Balaban J connectivity index is 1.67. The number of halogens is 2. The van der Waals surface area contributed by atoms with Gasteiger partial charge in [0.25, 0.3) is 5.92 Å². The Bertz CT molecular complexity index is 893. The summed E-state index contributed by atoms with van der Waals surface area (Å²) in [6.45, 7) is 0.110. The van der Waals surface area contributed by atoms with Crippen molar-refractivity contribution in [1.82, 2.24) is 19.9 Å². The van der Waals surface area contributed by atoms with Gasteiger partial charge in [-0.3, -0.25) is 0 Å². The predicted octanol–water partition coefficient (Wildman–Crippen LogP) is 2.50. The van der Waals surface area contributed by atoms with E-state index in [-0.39, 0.29) is 30.5 Å². The zero-order valence-electron chi connectivity index (χ0n) is 16.5. The number of rotatable bonds is 8. The molecule has 2 aromatic heterocycles. The minimum atomic E-state index is -2.98. The van der Waals surface area contributed by atoms with Crippen LogP contribution in [-0.4, -0.2) is 49.7 Å². The van der Waals surface area contributed by atoms with Gasteiger partial charge in [-0.2, -0.15) is 10.2 Å². The second-order valence-electron chi connectivity index (χ2n) is 7.28. The highest BCUT2D eigenvalue weighted by molar-refractivity contribution is 5.54. The number of aromatic nitrogens is 4. The number of alkyl halides is 2. The molecule has 3 N–H and O–H groups in total. The molecule has 0 aliphatic heterocycles. The van der Waals surface area contributed by atoms with Gasteiger partial charge in [0.05, 0.1) is 17.9 Å². The molecule has 3 rings (SSSR count). The first-order chi connectivity index (χ1) is 14.3. The van der Waals surface area contributed by atoms with E-state index in [0.29, 0.717) is 29.8 Å². The Morgan fingerprint density at radius 1 is 1.27 bits per heavy atom. The van der Waals surface area contributed by atoms with Crippen LogP contribution < -0.4 is 15.4 Å². The Labute approximate surface area is 172 Å². The Morgan fingerprint density at radius 3 is 2.73 bits per heavy atom. The number of anilines is 2. The fourth-order valence-electron chi connectivity index (χ4n) is 3.04. The summed E-state index contributed by atoms with van der Waals surface area (Å²) >= 11 is 0. The average molecular weight is 419 g/mol. The van der Waals surface area contributed by atoms with E-state index in [2.05, 4.69) is 36.6 Å². The lowest BCUT2D eigenvalue weighted by molar-refractivity contribution is -0.0245. The first-order valence-corrected chi connectivity index (χ1v) is 9.59. The van der Waals surface area contributed by atoms with E-state index in [1.807, 2.05) is 0 Å². The lowest BCUT2D eigenvalue weighted by atomic mass is 9.93. The Morgan fingerprint density at radius 2 is 2.03 bits per heavy atom. The molecular weight excluding hydrogens is 396 g/mol. The van der Waals surface area contributed by atoms with E-state index < -0.39 is 12.5 Å². The zero-order chi connectivity index (χ0) is 21.6. The molecule has 0 amide bonds. The van der Waals surface area contributed by atoms with Gasteiger partial charge in [0.2, 0.25) is 11.8 Å². The molecule has 1 aliphatic carbocycles. The fraction of sp³-hybridized carbons (Fsp3) is 0.526. The van der Waals surface area contributed by atoms with Gasteiger partial charge in [0.1, 0.15) is 23.8 Å². The van der Waals surface area contributed by atoms with E-state index in [4.69, 9.17) is 4.74 Å². The first-order valence-electron chi connectivity index (χ1n) is 9.59. The number of nitrogens with zero attached hydrogens (tertiary/aromatic N) is 5. The third-order valence-corrected chi connectivity index (χ3v) is 4.59. The molecule has 0 spiro atoms. The Hall–Kier alpha value is -3.13. The van der Waals surface area contributed by atoms with E-state index in [1.54, 1.807) is 0 Å². The monoisotopic (exact) mass is 419 g/mol. The molecule has 0 atom stereocenters. The van der Waals surface area contributed by atoms with Gasteiger partial charge in [-0.25, -0.2) is 23.7 Å². The molecule has 1 fully saturated rings. The molecule has 160 valence electrons. The number of nitrogens with one attached hydrogen (secondary N) is 2. The van der Waals surface area contributed by atoms with Crippen molar-refractivity contribution in [3.63, 3.8) is 0 Å². The van der Waals surface area contributed by atoms with Gasteiger partial charge in [0, 0.05) is 25.7 Å². The Kier molecular flexibility index (Phi) is 6.89. The maximum atomic E-state index is 13.1. The molecule has 30 heavy (non-hydrogen) atoms. The molecule has 9 nitrogen and oxygen atoms in total. The van der Waals surface area contributed by atoms with Crippen molar-refractivity contribution in [2.75, 3.05) is 17.2 Å². The van der Waals surface area contributed by atoms with Crippen LogP contribution in [0, 0.1) is 11.3 Å². The highest BCUT2D eigenvalue weighted by Gasteiger charge is 2.23. The van der Waals surface area contributed by atoms with Gasteiger partial charge in [-0.1, -0.05) is 0 Å². The van der Waals surface area contributed by atoms with Crippen molar-refractivity contribution < 1.29 is 18.6 Å². The van der Waals surface area contributed by atoms with Crippen molar-refractivity contribution in [3.8, 4) is 11.9 Å². The van der Waals surface area contributed by atoms with Crippen LogP contribution in [-0.2, 0) is 6.54 Å². The fourth-order valence-corrected chi connectivity index (χ4v) is 3.04. The number of aliphatic hydroxyl groups excluding tert-OH is 1. The molecule has 2 aromatic rings. The van der Waals surface area contributed by atoms with E-state index >= 15 is 0 Å². The van der Waals surface area contributed by atoms with Crippen LogP contribution in [0.15, 0.2) is 18.7 Å². The lowest BCUT2D eigenvalue weighted by Crippen LogP contribution is -2.29. The second-order valence-corrected chi connectivity index (χ2v) is 7.28. The quantitative estimate of drug-likeness (QED) is 0.591. The standard InChI is InChI=1S/C19H23F2N7O2/c1-19(20,21)10-30-17-13(7-23-11-26-17)9-25-18-24-8-12(6-22)16(28-18)27-14-2-4-15(29)5-3-14/h7-8,11,14-15,29H,2-5,9-10H2,1H3,(H2,24,25,27,28)/t14-,15+. The van der Waals surface area contributed by atoms with Gasteiger partial charge in [0.15, 0.2) is 6.61 Å². The number of hydrogen-bond acceptors (Lipinski definition) is 9. The number of nitriles is 1. The molecule has 0 aromatic carbocycles. The summed E-state index contributed by atoms with van der Waals surface area (Å²) in [5.74, 6) is -2.28. The highest BCUT2D eigenvalue weighted by Crippen LogP contribution is 2.24.